The van der Waals surface area contributed by atoms with Gasteiger partial charge < -0.3 is 14.6 Å². The number of nitrogens with zero attached hydrogens (tertiary/aromatic N) is 2. The van der Waals surface area contributed by atoms with Crippen molar-refractivity contribution in [3.63, 3.8) is 0 Å². The van der Waals surface area contributed by atoms with Gasteiger partial charge in [-0.2, -0.15) is 0 Å². The number of hydrogen-bond donors (Lipinski definition) is 1. The molecule has 3 rings (SSSR count). The van der Waals surface area contributed by atoms with Gasteiger partial charge in [-0.1, -0.05) is 6.07 Å². The number of pyridine rings is 2. The summed E-state index contributed by atoms with van der Waals surface area (Å²) >= 11 is 0. The maximum atomic E-state index is 12.4. The van der Waals surface area contributed by atoms with Gasteiger partial charge in [0.25, 0.3) is 11.5 Å². The predicted octanol–water partition coefficient (Wildman–Crippen LogP) is 1.37. The minimum absolute atomic E-state index is 0.0963. The van der Waals surface area contributed by atoms with Crippen LogP contribution in [0.2, 0.25) is 0 Å². The van der Waals surface area contributed by atoms with Crippen molar-refractivity contribution >= 4 is 5.91 Å². The van der Waals surface area contributed by atoms with Crippen LogP contribution in [0.3, 0.4) is 0 Å². The van der Waals surface area contributed by atoms with Gasteiger partial charge in [0.2, 0.25) is 5.88 Å². The molecule has 0 aliphatic carbocycles. The molecule has 0 bridgehead atoms. The highest BCUT2D eigenvalue weighted by Crippen LogP contribution is 2.18. The maximum Gasteiger partial charge on any atom is 0.260 e. The lowest BCUT2D eigenvalue weighted by molar-refractivity contribution is 0.0769. The van der Waals surface area contributed by atoms with Crippen LogP contribution in [0.1, 0.15) is 22.5 Å². The molecule has 1 amide bonds. The number of nitrogens with one attached hydrogen (secondary N) is 1. The fourth-order valence-electron chi connectivity index (χ4n) is 2.52. The number of amides is 1. The molecule has 1 aliphatic rings. The molecule has 6 heteroatoms. The minimum Gasteiger partial charge on any atom is -0.472 e. The van der Waals surface area contributed by atoms with E-state index in [-0.39, 0.29) is 23.1 Å². The monoisotopic (exact) mass is 299 g/mol. The highest BCUT2D eigenvalue weighted by molar-refractivity contribution is 5.94. The van der Waals surface area contributed by atoms with Crippen molar-refractivity contribution in [3.8, 4) is 5.88 Å². The first-order valence-electron chi connectivity index (χ1n) is 7.21. The number of aromatic nitrogens is 2. The molecule has 0 spiro atoms. The Balaban J connectivity index is 1.66. The fraction of sp³-hybridized carbons (Fsp3) is 0.312. The largest absolute Gasteiger partial charge is 0.472 e. The highest BCUT2D eigenvalue weighted by Gasteiger charge is 2.29. The summed E-state index contributed by atoms with van der Waals surface area (Å²) in [6, 6.07) is 8.78. The van der Waals surface area contributed by atoms with Gasteiger partial charge in [-0.25, -0.2) is 4.98 Å². The van der Waals surface area contributed by atoms with Crippen LogP contribution in [-0.4, -0.2) is 40.0 Å². The average Bonchev–Trinajstić information content (AvgIpc) is 2.95. The quantitative estimate of drug-likeness (QED) is 0.929. The first-order chi connectivity index (χ1) is 10.6. The summed E-state index contributed by atoms with van der Waals surface area (Å²) in [6.45, 7) is 2.94. The first kappa shape index (κ1) is 14.3. The third-order valence-electron chi connectivity index (χ3n) is 3.63. The summed E-state index contributed by atoms with van der Waals surface area (Å²) in [4.78, 5) is 32.5. The van der Waals surface area contributed by atoms with Gasteiger partial charge in [-0.05, 0) is 25.1 Å². The standard InChI is InChI=1S/C16H17N3O3/c1-11-4-2-6-14(18-11)22-12-7-9-19(10-12)16(21)13-5-3-8-17-15(13)20/h2-6,8,12H,7,9-10H2,1H3,(H,17,20). The molecule has 0 radical (unpaired) electrons. The number of hydrogen-bond acceptors (Lipinski definition) is 4. The molecule has 6 nitrogen and oxygen atoms in total. The van der Waals surface area contributed by atoms with Crippen LogP contribution < -0.4 is 10.3 Å². The van der Waals surface area contributed by atoms with Gasteiger partial charge >= 0.3 is 0 Å². The number of aromatic amines is 1. The molecule has 22 heavy (non-hydrogen) atoms. The van der Waals surface area contributed by atoms with E-state index in [0.29, 0.717) is 19.0 Å². The first-order valence-corrected chi connectivity index (χ1v) is 7.21. The third kappa shape index (κ3) is 3.00. The van der Waals surface area contributed by atoms with Crippen molar-refractivity contribution in [1.29, 1.82) is 0 Å². The number of rotatable bonds is 3. The van der Waals surface area contributed by atoms with E-state index in [9.17, 15) is 9.59 Å². The van der Waals surface area contributed by atoms with Gasteiger partial charge in [0.05, 0.1) is 6.54 Å². The van der Waals surface area contributed by atoms with E-state index in [1.165, 1.54) is 12.3 Å². The Bertz CT molecular complexity index is 741. The van der Waals surface area contributed by atoms with Gasteiger partial charge in [0.1, 0.15) is 11.7 Å². The van der Waals surface area contributed by atoms with Crippen molar-refractivity contribution in [1.82, 2.24) is 14.9 Å². The lowest BCUT2D eigenvalue weighted by Crippen LogP contribution is -2.34. The molecule has 2 aromatic rings. The zero-order valence-corrected chi connectivity index (χ0v) is 12.3. The summed E-state index contributed by atoms with van der Waals surface area (Å²) in [5, 5.41) is 0. The van der Waals surface area contributed by atoms with Crippen molar-refractivity contribution in [2.45, 2.75) is 19.4 Å². The van der Waals surface area contributed by atoms with Gasteiger partial charge in [-0.3, -0.25) is 9.59 Å². The smallest absolute Gasteiger partial charge is 0.260 e. The van der Waals surface area contributed by atoms with E-state index in [2.05, 4.69) is 9.97 Å². The highest BCUT2D eigenvalue weighted by atomic mass is 16.5. The van der Waals surface area contributed by atoms with E-state index in [0.717, 1.165) is 12.1 Å². The lowest BCUT2D eigenvalue weighted by atomic mass is 10.2. The third-order valence-corrected chi connectivity index (χ3v) is 3.63. The number of likely N-dealkylation sites (tertiary alicyclic amines) is 1. The number of carbonyl (C=O) groups is 1. The average molecular weight is 299 g/mol. The van der Waals surface area contributed by atoms with Crippen LogP contribution in [0.5, 0.6) is 5.88 Å². The van der Waals surface area contributed by atoms with Crippen molar-refractivity contribution in [2.75, 3.05) is 13.1 Å². The minimum atomic E-state index is -0.364. The Morgan fingerprint density at radius 1 is 1.36 bits per heavy atom. The summed E-state index contributed by atoms with van der Waals surface area (Å²) in [5.74, 6) is 0.307. The Hall–Kier alpha value is -2.63. The van der Waals surface area contributed by atoms with Crippen LogP contribution in [0.25, 0.3) is 0 Å². The molecule has 1 aliphatic heterocycles. The van der Waals surface area contributed by atoms with Crippen LogP contribution in [0.15, 0.2) is 41.3 Å². The van der Waals surface area contributed by atoms with Crippen molar-refractivity contribution in [2.24, 2.45) is 0 Å². The fourth-order valence-corrected chi connectivity index (χ4v) is 2.52. The molecule has 1 atom stereocenters. The number of H-pyrrole nitrogens is 1. The normalized spacial score (nSPS) is 17.5. The summed E-state index contributed by atoms with van der Waals surface area (Å²) in [6.07, 6.45) is 2.14. The SMILES string of the molecule is Cc1cccc(OC2CCN(C(=O)c3ccc[nH]c3=O)C2)n1. The molecule has 1 fully saturated rings. The van der Waals surface area contributed by atoms with Gasteiger partial charge in [0.15, 0.2) is 0 Å². The van der Waals surface area contributed by atoms with Crippen LogP contribution in [0.4, 0.5) is 0 Å². The van der Waals surface area contributed by atoms with Gasteiger partial charge in [0, 0.05) is 30.9 Å². The molecule has 1 saturated heterocycles. The molecule has 1 unspecified atom stereocenters. The number of aryl methyl sites for hydroxylation is 1. The Morgan fingerprint density at radius 2 is 2.23 bits per heavy atom. The Morgan fingerprint density at radius 3 is 3.00 bits per heavy atom. The summed E-state index contributed by atoms with van der Waals surface area (Å²) in [7, 11) is 0. The second-order valence-corrected chi connectivity index (χ2v) is 5.31. The number of carbonyl (C=O) groups excluding carboxylic acids is 1. The maximum absolute atomic E-state index is 12.4. The van der Waals surface area contributed by atoms with Crippen molar-refractivity contribution < 1.29 is 9.53 Å². The van der Waals surface area contributed by atoms with Crippen LogP contribution >= 0.6 is 0 Å². The molecule has 0 saturated carbocycles. The lowest BCUT2D eigenvalue weighted by Gasteiger charge is -2.16. The molecular formula is C16H17N3O3. The Labute approximate surface area is 127 Å². The summed E-state index contributed by atoms with van der Waals surface area (Å²) in [5.41, 5.74) is 0.688. The number of ether oxygens (including phenoxy) is 1. The van der Waals surface area contributed by atoms with E-state index < -0.39 is 0 Å². The zero-order valence-electron chi connectivity index (χ0n) is 12.3. The van der Waals surface area contributed by atoms with E-state index >= 15 is 0 Å². The van der Waals surface area contributed by atoms with Crippen molar-refractivity contribution in [3.05, 3.63) is 58.1 Å². The zero-order chi connectivity index (χ0) is 15.5. The molecule has 2 aromatic heterocycles. The Kier molecular flexibility index (Phi) is 3.91. The van der Waals surface area contributed by atoms with Gasteiger partial charge in [-0.15, -0.1) is 0 Å². The van der Waals surface area contributed by atoms with Crippen LogP contribution in [-0.2, 0) is 0 Å². The molecular weight excluding hydrogens is 282 g/mol. The second-order valence-electron chi connectivity index (χ2n) is 5.31. The molecule has 114 valence electrons. The topological polar surface area (TPSA) is 75.3 Å². The second kappa shape index (κ2) is 6.01. The molecule has 3 heterocycles. The van der Waals surface area contributed by atoms with E-state index in [4.69, 9.17) is 4.74 Å². The van der Waals surface area contributed by atoms with Crippen LogP contribution in [0, 0.1) is 6.92 Å². The van der Waals surface area contributed by atoms with E-state index in [1.807, 2.05) is 19.1 Å². The molecule has 0 aromatic carbocycles. The molecule has 1 N–H and O–H groups in total. The summed E-state index contributed by atoms with van der Waals surface area (Å²) < 4.78 is 5.81. The van der Waals surface area contributed by atoms with E-state index in [1.54, 1.807) is 17.0 Å². The predicted molar refractivity (Wildman–Crippen MR) is 81.0 cm³/mol.